The number of carboxylic acid groups (broad SMARTS) is 1. The smallest absolute Gasteiger partial charge is 0.305 e. The highest BCUT2D eigenvalue weighted by molar-refractivity contribution is 6.31. The molecule has 0 fully saturated rings. The van der Waals surface area contributed by atoms with Crippen LogP contribution in [0.1, 0.15) is 44.0 Å². The van der Waals surface area contributed by atoms with E-state index in [9.17, 15) is 14.0 Å². The molecule has 0 heterocycles. The lowest BCUT2D eigenvalue weighted by Gasteiger charge is -2.25. The molecule has 21 heavy (non-hydrogen) atoms. The summed E-state index contributed by atoms with van der Waals surface area (Å²) in [6.07, 6.45) is 0.345. The fourth-order valence-electron chi connectivity index (χ4n) is 2.03. The first-order valence-corrected chi connectivity index (χ1v) is 6.94. The van der Waals surface area contributed by atoms with Gasteiger partial charge in [-0.25, -0.2) is 4.39 Å². The van der Waals surface area contributed by atoms with E-state index < -0.39 is 23.7 Å². The van der Waals surface area contributed by atoms with Gasteiger partial charge >= 0.3 is 5.97 Å². The first kappa shape index (κ1) is 17.4. The van der Waals surface area contributed by atoms with Crippen molar-refractivity contribution < 1.29 is 19.1 Å². The van der Waals surface area contributed by atoms with E-state index in [-0.39, 0.29) is 22.4 Å². The molecule has 1 atom stereocenters. The van der Waals surface area contributed by atoms with Gasteiger partial charge in [0.25, 0.3) is 5.91 Å². The topological polar surface area (TPSA) is 66.4 Å². The molecule has 0 saturated heterocycles. The number of halogens is 2. The van der Waals surface area contributed by atoms with E-state index in [1.54, 1.807) is 0 Å². The number of rotatable bonds is 5. The number of carboxylic acids is 1. The molecule has 2 N–H and O–H groups in total. The molecule has 0 bridgehead atoms. The molecule has 0 aliphatic heterocycles. The number of carbonyl (C=O) groups is 2. The Balaban J connectivity index is 2.83. The third-order valence-electron chi connectivity index (χ3n) is 2.80. The number of benzene rings is 1. The number of aliphatic carboxylic acids is 1. The van der Waals surface area contributed by atoms with E-state index in [1.807, 2.05) is 20.8 Å². The van der Waals surface area contributed by atoms with Crippen LogP contribution in [0.2, 0.25) is 5.02 Å². The van der Waals surface area contributed by atoms with Crippen LogP contribution in [0, 0.1) is 11.2 Å². The molecule has 116 valence electrons. The molecule has 6 heteroatoms. The van der Waals surface area contributed by atoms with Gasteiger partial charge < -0.3 is 10.4 Å². The van der Waals surface area contributed by atoms with Crippen molar-refractivity contribution in [2.75, 3.05) is 0 Å². The number of amides is 1. The van der Waals surface area contributed by atoms with Gasteiger partial charge in [-0.15, -0.1) is 0 Å². The monoisotopic (exact) mass is 315 g/mol. The molecule has 0 spiro atoms. The van der Waals surface area contributed by atoms with Crippen LogP contribution in [-0.2, 0) is 4.79 Å². The average molecular weight is 316 g/mol. The van der Waals surface area contributed by atoms with Crippen molar-refractivity contribution in [2.24, 2.45) is 5.41 Å². The first-order valence-electron chi connectivity index (χ1n) is 6.56. The molecule has 1 unspecified atom stereocenters. The summed E-state index contributed by atoms with van der Waals surface area (Å²) in [6.45, 7) is 5.88. The summed E-state index contributed by atoms with van der Waals surface area (Å²) in [4.78, 5) is 23.0. The van der Waals surface area contributed by atoms with Gasteiger partial charge in [0.1, 0.15) is 5.82 Å². The van der Waals surface area contributed by atoms with Crippen molar-refractivity contribution in [1.82, 2.24) is 5.32 Å². The van der Waals surface area contributed by atoms with Gasteiger partial charge in [0.05, 0.1) is 11.4 Å². The SMILES string of the molecule is CC(C)(C)CC(CC(=O)O)NC(=O)c1ccc(F)c(Cl)c1. The predicted molar refractivity (Wildman–Crippen MR) is 79.0 cm³/mol. The zero-order valence-electron chi connectivity index (χ0n) is 12.2. The van der Waals surface area contributed by atoms with Crippen LogP contribution in [0.3, 0.4) is 0 Å². The Morgan fingerprint density at radius 1 is 1.38 bits per heavy atom. The molecule has 0 aromatic heterocycles. The van der Waals surface area contributed by atoms with Crippen LogP contribution in [0.25, 0.3) is 0 Å². The van der Waals surface area contributed by atoms with Gasteiger partial charge in [0.2, 0.25) is 0 Å². The Hall–Kier alpha value is -1.62. The molecule has 0 saturated carbocycles. The Labute approximate surface area is 128 Å². The molecule has 0 aliphatic rings. The van der Waals surface area contributed by atoms with Crippen LogP contribution in [-0.4, -0.2) is 23.0 Å². The van der Waals surface area contributed by atoms with Crippen molar-refractivity contribution in [3.63, 3.8) is 0 Å². The Morgan fingerprint density at radius 3 is 2.48 bits per heavy atom. The van der Waals surface area contributed by atoms with E-state index in [4.69, 9.17) is 16.7 Å². The van der Waals surface area contributed by atoms with Gasteiger partial charge in [-0.2, -0.15) is 0 Å². The summed E-state index contributed by atoms with van der Waals surface area (Å²) < 4.78 is 13.1. The second kappa shape index (κ2) is 6.89. The largest absolute Gasteiger partial charge is 0.481 e. The van der Waals surface area contributed by atoms with E-state index >= 15 is 0 Å². The molecule has 1 aromatic rings. The Morgan fingerprint density at radius 2 is 2.00 bits per heavy atom. The minimum atomic E-state index is -0.985. The number of hydrogen-bond acceptors (Lipinski definition) is 2. The fourth-order valence-corrected chi connectivity index (χ4v) is 2.21. The maximum Gasteiger partial charge on any atom is 0.305 e. The second-order valence-corrected chi connectivity index (χ2v) is 6.57. The molecule has 4 nitrogen and oxygen atoms in total. The van der Waals surface area contributed by atoms with Crippen LogP contribution in [0.4, 0.5) is 4.39 Å². The number of nitrogens with one attached hydrogen (secondary N) is 1. The third kappa shape index (κ3) is 6.12. The van der Waals surface area contributed by atoms with Gasteiger partial charge in [0.15, 0.2) is 0 Å². The van der Waals surface area contributed by atoms with Crippen LogP contribution in [0.5, 0.6) is 0 Å². The Kier molecular flexibility index (Phi) is 5.72. The van der Waals surface area contributed by atoms with E-state index in [2.05, 4.69) is 5.32 Å². The standard InChI is InChI=1S/C15H19ClFNO3/c1-15(2,3)8-10(7-13(19)20)18-14(21)9-4-5-12(17)11(16)6-9/h4-6,10H,7-8H2,1-3H3,(H,18,21)(H,19,20). The minimum absolute atomic E-state index is 0.131. The van der Waals surface area contributed by atoms with Gasteiger partial charge in [-0.1, -0.05) is 32.4 Å². The fraction of sp³-hybridized carbons (Fsp3) is 0.467. The quantitative estimate of drug-likeness (QED) is 0.874. The summed E-state index contributed by atoms with van der Waals surface area (Å²) >= 11 is 5.64. The van der Waals surface area contributed by atoms with Crippen molar-refractivity contribution >= 4 is 23.5 Å². The van der Waals surface area contributed by atoms with Gasteiger partial charge in [-0.3, -0.25) is 9.59 Å². The van der Waals surface area contributed by atoms with E-state index in [0.717, 1.165) is 6.07 Å². The first-order chi connectivity index (χ1) is 9.58. The van der Waals surface area contributed by atoms with Crippen molar-refractivity contribution in [3.8, 4) is 0 Å². The summed E-state index contributed by atoms with van der Waals surface area (Å²) in [5, 5.41) is 11.4. The van der Waals surface area contributed by atoms with Gasteiger partial charge in [0, 0.05) is 11.6 Å². The lowest BCUT2D eigenvalue weighted by molar-refractivity contribution is -0.137. The van der Waals surface area contributed by atoms with Crippen LogP contribution < -0.4 is 5.32 Å². The maximum absolute atomic E-state index is 13.1. The van der Waals surface area contributed by atoms with E-state index in [1.165, 1.54) is 12.1 Å². The molecule has 1 rings (SSSR count). The number of hydrogen-bond donors (Lipinski definition) is 2. The lowest BCUT2D eigenvalue weighted by atomic mass is 9.87. The summed E-state index contributed by atoms with van der Waals surface area (Å²) in [7, 11) is 0. The summed E-state index contributed by atoms with van der Waals surface area (Å²) in [6, 6.07) is 3.14. The van der Waals surface area contributed by atoms with Gasteiger partial charge in [-0.05, 0) is 30.0 Å². The number of carbonyl (C=O) groups excluding carboxylic acids is 1. The lowest BCUT2D eigenvalue weighted by Crippen LogP contribution is -2.39. The highest BCUT2D eigenvalue weighted by atomic mass is 35.5. The molecular weight excluding hydrogens is 297 g/mol. The maximum atomic E-state index is 13.1. The summed E-state index contributed by atoms with van der Waals surface area (Å²) in [5.74, 6) is -2.06. The highest BCUT2D eigenvalue weighted by Gasteiger charge is 2.23. The van der Waals surface area contributed by atoms with Crippen LogP contribution in [0.15, 0.2) is 18.2 Å². The molecule has 1 amide bonds. The Bertz CT molecular complexity index is 540. The minimum Gasteiger partial charge on any atom is -0.481 e. The van der Waals surface area contributed by atoms with Crippen molar-refractivity contribution in [3.05, 3.63) is 34.6 Å². The molecular formula is C15H19ClFNO3. The zero-order chi connectivity index (χ0) is 16.2. The normalized spacial score (nSPS) is 12.8. The predicted octanol–water partition coefficient (Wildman–Crippen LogP) is 3.49. The van der Waals surface area contributed by atoms with Crippen molar-refractivity contribution in [1.29, 1.82) is 0 Å². The highest BCUT2D eigenvalue weighted by Crippen LogP contribution is 2.23. The van der Waals surface area contributed by atoms with E-state index in [0.29, 0.717) is 6.42 Å². The average Bonchev–Trinajstić information content (AvgIpc) is 2.29. The molecule has 0 aliphatic carbocycles. The molecule has 0 radical (unpaired) electrons. The zero-order valence-corrected chi connectivity index (χ0v) is 13.0. The van der Waals surface area contributed by atoms with Crippen LogP contribution >= 0.6 is 11.6 Å². The van der Waals surface area contributed by atoms with Crippen molar-refractivity contribution in [2.45, 2.75) is 39.7 Å². The summed E-state index contributed by atoms with van der Waals surface area (Å²) in [5.41, 5.74) is 0.0686. The third-order valence-corrected chi connectivity index (χ3v) is 3.09. The molecule has 1 aromatic carbocycles. The second-order valence-electron chi connectivity index (χ2n) is 6.16.